The van der Waals surface area contributed by atoms with Crippen molar-refractivity contribution in [1.82, 2.24) is 25.9 Å². The predicted molar refractivity (Wildman–Crippen MR) is 123 cm³/mol. The third-order valence-corrected chi connectivity index (χ3v) is 5.36. The van der Waals surface area contributed by atoms with Crippen molar-refractivity contribution in [2.24, 2.45) is 11.7 Å². The van der Waals surface area contributed by atoms with E-state index in [0.717, 1.165) is 0 Å². The summed E-state index contributed by atoms with van der Waals surface area (Å²) in [7, 11) is 0. The highest BCUT2D eigenvalue weighted by atomic mass is 32.2. The summed E-state index contributed by atoms with van der Waals surface area (Å²) < 4.78 is 0. The van der Waals surface area contributed by atoms with Gasteiger partial charge in [0.2, 0.25) is 17.7 Å². The molecular weight excluding hydrogens is 452 g/mol. The summed E-state index contributed by atoms with van der Waals surface area (Å²) >= 11 is 1.53. The zero-order valence-electron chi connectivity index (χ0n) is 19.0. The number of aromatic nitrogens is 2. The summed E-state index contributed by atoms with van der Waals surface area (Å²) in [6, 6.07) is -4.50. The van der Waals surface area contributed by atoms with Crippen LogP contribution in [-0.2, 0) is 25.6 Å². The third-order valence-electron chi connectivity index (χ3n) is 4.72. The minimum atomic E-state index is -1.40. The largest absolute Gasteiger partial charge is 0.480 e. The number of rotatable bonds is 15. The maximum atomic E-state index is 12.9. The Morgan fingerprint density at radius 3 is 2.21 bits per heavy atom. The number of hydrogen-bond acceptors (Lipinski definition) is 8. The fourth-order valence-electron chi connectivity index (χ4n) is 2.91. The Bertz CT molecular complexity index is 775. The Balaban J connectivity index is 2.90. The van der Waals surface area contributed by atoms with Gasteiger partial charge >= 0.3 is 5.97 Å². The SMILES string of the molecule is CSCCC(N)C(=O)NC(Cc1cnc[nH]1)C(=O)NC(CO)C(=O)NC(CC(C)C)C(=O)O. The normalized spacial score (nSPS) is 14.7. The highest BCUT2D eigenvalue weighted by Crippen LogP contribution is 2.06. The number of nitrogens with one attached hydrogen (secondary N) is 4. The van der Waals surface area contributed by atoms with Gasteiger partial charge in [0.1, 0.15) is 18.1 Å². The molecule has 0 aromatic carbocycles. The first-order valence-electron chi connectivity index (χ1n) is 10.6. The van der Waals surface area contributed by atoms with Crippen molar-refractivity contribution < 1.29 is 29.4 Å². The molecule has 0 fully saturated rings. The highest BCUT2D eigenvalue weighted by molar-refractivity contribution is 7.98. The number of H-pyrrole nitrogens is 1. The molecule has 33 heavy (non-hydrogen) atoms. The number of imidazole rings is 1. The number of nitrogens with zero attached hydrogens (tertiary/aromatic N) is 1. The summed E-state index contributed by atoms with van der Waals surface area (Å²) in [5, 5.41) is 26.2. The van der Waals surface area contributed by atoms with E-state index in [1.807, 2.05) is 6.26 Å². The topological polar surface area (TPSA) is 200 Å². The number of aliphatic carboxylic acids is 1. The van der Waals surface area contributed by atoms with Crippen LogP contribution >= 0.6 is 11.8 Å². The molecule has 186 valence electrons. The lowest BCUT2D eigenvalue weighted by Crippen LogP contribution is -2.58. The standard InChI is InChI=1S/C20H34N6O6S/c1-11(2)6-15(20(31)32)25-19(30)16(9-27)26-18(29)14(7-12-8-22-10-23-12)24-17(28)13(21)4-5-33-3/h8,10-11,13-16,27H,4-7,9,21H2,1-3H3,(H,22,23)(H,24,28)(H,25,30)(H,26,29)(H,31,32). The van der Waals surface area contributed by atoms with Gasteiger partial charge in [-0.05, 0) is 30.8 Å². The molecule has 0 spiro atoms. The van der Waals surface area contributed by atoms with Gasteiger partial charge < -0.3 is 36.9 Å². The van der Waals surface area contributed by atoms with Crippen LogP contribution in [0.2, 0.25) is 0 Å². The number of carbonyl (C=O) groups excluding carboxylic acids is 3. The minimum Gasteiger partial charge on any atom is -0.480 e. The zero-order chi connectivity index (χ0) is 25.0. The second-order valence-electron chi connectivity index (χ2n) is 8.00. The Morgan fingerprint density at radius 2 is 1.70 bits per heavy atom. The minimum absolute atomic E-state index is 0.00196. The molecule has 1 aromatic heterocycles. The lowest BCUT2D eigenvalue weighted by molar-refractivity contribution is -0.143. The number of carboxylic acid groups (broad SMARTS) is 1. The van der Waals surface area contributed by atoms with E-state index in [2.05, 4.69) is 25.9 Å². The Kier molecular flexibility index (Phi) is 12.5. The van der Waals surface area contributed by atoms with E-state index >= 15 is 0 Å². The number of aromatic amines is 1. The first-order valence-corrected chi connectivity index (χ1v) is 11.9. The van der Waals surface area contributed by atoms with Gasteiger partial charge in [-0.1, -0.05) is 13.8 Å². The van der Waals surface area contributed by atoms with E-state index in [4.69, 9.17) is 5.73 Å². The van der Waals surface area contributed by atoms with E-state index in [9.17, 15) is 29.4 Å². The maximum absolute atomic E-state index is 12.9. The van der Waals surface area contributed by atoms with E-state index in [1.54, 1.807) is 13.8 Å². The molecular formula is C20H34N6O6S. The first kappa shape index (κ1) is 28.4. The third kappa shape index (κ3) is 10.2. The van der Waals surface area contributed by atoms with E-state index < -0.39 is 54.5 Å². The van der Waals surface area contributed by atoms with Gasteiger partial charge in [0.15, 0.2) is 0 Å². The number of hydrogen-bond donors (Lipinski definition) is 7. The van der Waals surface area contributed by atoms with Crippen LogP contribution in [0.25, 0.3) is 0 Å². The van der Waals surface area contributed by atoms with Crippen LogP contribution in [0, 0.1) is 5.92 Å². The molecule has 1 heterocycles. The van der Waals surface area contributed by atoms with Crippen molar-refractivity contribution in [3.63, 3.8) is 0 Å². The van der Waals surface area contributed by atoms with Crippen LogP contribution in [-0.4, -0.2) is 86.7 Å². The molecule has 1 aromatic rings. The smallest absolute Gasteiger partial charge is 0.326 e. The zero-order valence-corrected chi connectivity index (χ0v) is 19.9. The highest BCUT2D eigenvalue weighted by Gasteiger charge is 2.30. The molecule has 13 heteroatoms. The maximum Gasteiger partial charge on any atom is 0.326 e. The van der Waals surface area contributed by atoms with Crippen molar-refractivity contribution in [2.45, 2.75) is 57.3 Å². The molecule has 8 N–H and O–H groups in total. The van der Waals surface area contributed by atoms with E-state index in [-0.39, 0.29) is 18.8 Å². The van der Waals surface area contributed by atoms with Crippen LogP contribution in [0.5, 0.6) is 0 Å². The summed E-state index contributed by atoms with van der Waals surface area (Å²) in [4.78, 5) is 56.0. The predicted octanol–water partition coefficient (Wildman–Crippen LogP) is -1.39. The Hall–Kier alpha value is -2.64. The summed E-state index contributed by atoms with van der Waals surface area (Å²) in [6.07, 6.45) is 5.42. The molecule has 0 saturated heterocycles. The summed E-state index contributed by atoms with van der Waals surface area (Å²) in [5.74, 6) is -2.67. The lowest BCUT2D eigenvalue weighted by atomic mass is 10.0. The number of aliphatic hydroxyl groups is 1. The number of nitrogens with two attached hydrogens (primary N) is 1. The number of carboxylic acids is 1. The first-order chi connectivity index (χ1) is 15.6. The molecule has 0 aliphatic heterocycles. The van der Waals surface area contributed by atoms with Crippen LogP contribution in [0.4, 0.5) is 0 Å². The molecule has 0 bridgehead atoms. The Labute approximate surface area is 196 Å². The average molecular weight is 487 g/mol. The van der Waals surface area contributed by atoms with Crippen molar-refractivity contribution in [3.05, 3.63) is 18.2 Å². The molecule has 0 radical (unpaired) electrons. The molecule has 0 saturated carbocycles. The van der Waals surface area contributed by atoms with Gasteiger partial charge in [-0.2, -0.15) is 11.8 Å². The van der Waals surface area contributed by atoms with E-state index in [0.29, 0.717) is 17.9 Å². The molecule has 12 nitrogen and oxygen atoms in total. The van der Waals surface area contributed by atoms with Crippen molar-refractivity contribution in [2.75, 3.05) is 18.6 Å². The number of thioether (sulfide) groups is 1. The van der Waals surface area contributed by atoms with Crippen molar-refractivity contribution in [1.29, 1.82) is 0 Å². The fourth-order valence-corrected chi connectivity index (χ4v) is 3.40. The van der Waals surface area contributed by atoms with Gasteiger partial charge in [0.25, 0.3) is 0 Å². The molecule has 0 aliphatic rings. The summed E-state index contributed by atoms with van der Waals surface area (Å²) in [6.45, 7) is 2.85. The number of amides is 3. The lowest BCUT2D eigenvalue weighted by Gasteiger charge is -2.24. The van der Waals surface area contributed by atoms with Crippen LogP contribution < -0.4 is 21.7 Å². The quantitative estimate of drug-likeness (QED) is 0.156. The number of aliphatic hydroxyl groups excluding tert-OH is 1. The molecule has 4 atom stereocenters. The van der Waals surface area contributed by atoms with Gasteiger partial charge in [0, 0.05) is 18.3 Å². The molecule has 0 aliphatic carbocycles. The van der Waals surface area contributed by atoms with Crippen LogP contribution in [0.15, 0.2) is 12.5 Å². The fraction of sp³-hybridized carbons (Fsp3) is 0.650. The second kappa shape index (κ2) is 14.5. The van der Waals surface area contributed by atoms with Crippen LogP contribution in [0.1, 0.15) is 32.4 Å². The Morgan fingerprint density at radius 1 is 1.09 bits per heavy atom. The van der Waals surface area contributed by atoms with Crippen molar-refractivity contribution >= 4 is 35.5 Å². The second-order valence-corrected chi connectivity index (χ2v) is 8.99. The molecule has 3 amide bonds. The monoisotopic (exact) mass is 486 g/mol. The van der Waals surface area contributed by atoms with Crippen molar-refractivity contribution in [3.8, 4) is 0 Å². The number of carbonyl (C=O) groups is 4. The van der Waals surface area contributed by atoms with Gasteiger partial charge in [0.05, 0.1) is 19.0 Å². The van der Waals surface area contributed by atoms with Gasteiger partial charge in [-0.15, -0.1) is 0 Å². The van der Waals surface area contributed by atoms with Crippen LogP contribution in [0.3, 0.4) is 0 Å². The molecule has 4 unspecified atom stereocenters. The average Bonchev–Trinajstić information content (AvgIpc) is 3.27. The van der Waals surface area contributed by atoms with E-state index in [1.165, 1.54) is 24.3 Å². The van der Waals surface area contributed by atoms with Gasteiger partial charge in [-0.25, -0.2) is 9.78 Å². The summed E-state index contributed by atoms with van der Waals surface area (Å²) in [5.41, 5.74) is 6.44. The molecule has 1 rings (SSSR count). The van der Waals surface area contributed by atoms with Gasteiger partial charge in [-0.3, -0.25) is 14.4 Å².